The van der Waals surface area contributed by atoms with Gasteiger partial charge in [-0.05, 0) is 6.32 Å². The summed E-state index contributed by atoms with van der Waals surface area (Å²) in [6, 6.07) is 0. The summed E-state index contributed by atoms with van der Waals surface area (Å²) in [7, 11) is 5.04. The second-order valence-corrected chi connectivity index (χ2v) is 0.952. The minimum Gasteiger partial charge on any atom is -0.330 e. The molecule has 0 unspecified atom stereocenters. The average molecular weight is 81.9 g/mol. The third-order valence-corrected chi connectivity index (χ3v) is 0.451. The van der Waals surface area contributed by atoms with Gasteiger partial charge in [-0.1, -0.05) is 6.58 Å². The van der Waals surface area contributed by atoms with Crippen molar-refractivity contribution in [3.63, 3.8) is 0 Å². The third kappa shape index (κ3) is 1.85. The Balaban J connectivity index is 2.99. The van der Waals surface area contributed by atoms with Gasteiger partial charge in [0.25, 0.3) is 0 Å². The van der Waals surface area contributed by atoms with Gasteiger partial charge in [0.05, 0.1) is 7.85 Å². The predicted molar refractivity (Wildman–Crippen MR) is 27.0 cm³/mol. The van der Waals surface area contributed by atoms with E-state index in [1.54, 1.807) is 0 Å². The van der Waals surface area contributed by atoms with Gasteiger partial charge in [0.1, 0.15) is 0 Å². The number of hydrazine groups is 1. The first-order valence-corrected chi connectivity index (χ1v) is 1.65. The Morgan fingerprint density at radius 2 is 2.50 bits per heavy atom. The first-order chi connectivity index (χ1) is 2.81. The lowest BCUT2D eigenvalue weighted by atomic mass is 10.0. The molecule has 0 fully saturated rings. The molecule has 0 aliphatic rings. The van der Waals surface area contributed by atoms with Gasteiger partial charge in [-0.25, -0.2) is 0 Å². The lowest BCUT2D eigenvalue weighted by Gasteiger charge is -1.94. The van der Waals surface area contributed by atoms with Gasteiger partial charge in [-0.2, -0.15) is 0 Å². The van der Waals surface area contributed by atoms with E-state index in [4.69, 9.17) is 13.7 Å². The fourth-order valence-electron chi connectivity index (χ4n) is 0.0589. The Morgan fingerprint density at radius 1 is 2.00 bits per heavy atom. The van der Waals surface area contributed by atoms with Crippen LogP contribution in [0.25, 0.3) is 0 Å². The zero-order chi connectivity index (χ0) is 4.99. The van der Waals surface area contributed by atoms with E-state index in [0.29, 0.717) is 12.0 Å². The molecule has 32 valence electrons. The highest BCUT2D eigenvalue weighted by molar-refractivity contribution is 6.10. The van der Waals surface area contributed by atoms with Crippen molar-refractivity contribution in [2.75, 3.05) is 0 Å². The molecule has 2 radical (unpaired) electrons. The number of nitrogens with two attached hydrogens (primary N) is 1. The Morgan fingerprint density at radius 3 is 2.50 bits per heavy atom. The van der Waals surface area contributed by atoms with Crippen molar-refractivity contribution in [2.24, 2.45) is 5.84 Å². The second-order valence-electron chi connectivity index (χ2n) is 0.952. The number of nitrogens with one attached hydrogen (secondary N) is 1. The molecule has 0 amide bonds. The zero-order valence-corrected chi connectivity index (χ0v) is 3.57. The third-order valence-electron chi connectivity index (χ3n) is 0.451. The van der Waals surface area contributed by atoms with Crippen molar-refractivity contribution in [1.29, 1.82) is 0 Å². The Hall–Kier alpha value is -0.435. The predicted octanol–water partition coefficient (Wildman–Crippen LogP) is -0.450. The van der Waals surface area contributed by atoms with E-state index in [1.165, 1.54) is 0 Å². The molecule has 0 saturated heterocycles. The molecule has 0 spiro atoms. The van der Waals surface area contributed by atoms with Crippen molar-refractivity contribution < 1.29 is 0 Å². The van der Waals surface area contributed by atoms with E-state index >= 15 is 0 Å². The molecule has 0 heterocycles. The minimum atomic E-state index is 0.399. The SMILES string of the molecule is [B]CC(=C)NN. The molecule has 0 rings (SSSR count). The van der Waals surface area contributed by atoms with E-state index in [-0.39, 0.29) is 0 Å². The van der Waals surface area contributed by atoms with Crippen LogP contribution in [0.3, 0.4) is 0 Å². The smallest absolute Gasteiger partial charge is 0.0737 e. The van der Waals surface area contributed by atoms with E-state index in [9.17, 15) is 0 Å². The first-order valence-electron chi connectivity index (χ1n) is 1.65. The van der Waals surface area contributed by atoms with Crippen LogP contribution >= 0.6 is 0 Å². The quantitative estimate of drug-likeness (QED) is 0.269. The van der Waals surface area contributed by atoms with E-state index in [0.717, 1.165) is 0 Å². The minimum absolute atomic E-state index is 0.399. The van der Waals surface area contributed by atoms with Gasteiger partial charge in [-0.3, -0.25) is 5.84 Å². The molecule has 0 aliphatic carbocycles. The summed E-state index contributed by atoms with van der Waals surface area (Å²) < 4.78 is 0. The molecule has 3 heteroatoms. The van der Waals surface area contributed by atoms with Gasteiger partial charge in [0, 0.05) is 5.70 Å². The van der Waals surface area contributed by atoms with E-state index in [2.05, 4.69) is 12.0 Å². The fourth-order valence-corrected chi connectivity index (χ4v) is 0.0589. The summed E-state index contributed by atoms with van der Waals surface area (Å²) in [4.78, 5) is 0. The summed E-state index contributed by atoms with van der Waals surface area (Å²) in [5.74, 6) is 4.85. The average Bonchev–Trinajstić information content (AvgIpc) is 1.65. The lowest BCUT2D eigenvalue weighted by molar-refractivity contribution is 0.891. The normalized spacial score (nSPS) is 7.50. The fraction of sp³-hybridized carbons (Fsp3) is 0.333. The van der Waals surface area contributed by atoms with Crippen LogP contribution in [-0.2, 0) is 0 Å². The maximum absolute atomic E-state index is 5.04. The molecule has 0 aromatic carbocycles. The van der Waals surface area contributed by atoms with E-state index in [1.807, 2.05) is 0 Å². The Bertz CT molecular complexity index is 46.8. The molecule has 0 atom stereocenters. The highest BCUT2D eigenvalue weighted by atomic mass is 15.2. The largest absolute Gasteiger partial charge is 0.330 e. The van der Waals surface area contributed by atoms with Crippen LogP contribution in [0.15, 0.2) is 12.3 Å². The van der Waals surface area contributed by atoms with Crippen molar-refractivity contribution in [3.05, 3.63) is 12.3 Å². The Labute approximate surface area is 38.8 Å². The van der Waals surface area contributed by atoms with Crippen LogP contribution in [0.4, 0.5) is 0 Å². The summed E-state index contributed by atoms with van der Waals surface area (Å²) in [6.07, 6.45) is 0.399. The molecular weight excluding hydrogens is 74.9 g/mol. The molecule has 3 N–H and O–H groups in total. The molecule has 6 heavy (non-hydrogen) atoms. The maximum atomic E-state index is 5.04. The van der Waals surface area contributed by atoms with Crippen LogP contribution in [0.2, 0.25) is 6.32 Å². The molecule has 0 aliphatic heterocycles. The molecule has 0 bridgehead atoms. The summed E-state index contributed by atoms with van der Waals surface area (Å²) >= 11 is 0. The number of hydrogen-bond acceptors (Lipinski definition) is 2. The molecule has 0 saturated carbocycles. The van der Waals surface area contributed by atoms with Crippen LogP contribution in [-0.4, -0.2) is 7.85 Å². The van der Waals surface area contributed by atoms with Crippen LogP contribution in [0.1, 0.15) is 0 Å². The van der Waals surface area contributed by atoms with Gasteiger partial charge < -0.3 is 5.43 Å². The van der Waals surface area contributed by atoms with Gasteiger partial charge in [0.2, 0.25) is 0 Å². The lowest BCUT2D eigenvalue weighted by Crippen LogP contribution is -2.19. The topological polar surface area (TPSA) is 38.0 Å². The van der Waals surface area contributed by atoms with E-state index < -0.39 is 0 Å². The number of allylic oxidation sites excluding steroid dienone is 1. The van der Waals surface area contributed by atoms with Gasteiger partial charge in [0.15, 0.2) is 0 Å². The number of rotatable bonds is 2. The maximum Gasteiger partial charge on any atom is 0.0737 e. The summed E-state index contributed by atoms with van der Waals surface area (Å²) in [6.45, 7) is 3.43. The monoisotopic (exact) mass is 82.1 g/mol. The van der Waals surface area contributed by atoms with Gasteiger partial charge >= 0.3 is 0 Å². The van der Waals surface area contributed by atoms with Gasteiger partial charge in [-0.15, -0.1) is 0 Å². The summed E-state index contributed by atoms with van der Waals surface area (Å²) in [5.41, 5.74) is 2.94. The summed E-state index contributed by atoms with van der Waals surface area (Å²) in [5, 5.41) is 0. The molecule has 2 nitrogen and oxygen atoms in total. The van der Waals surface area contributed by atoms with Crippen LogP contribution in [0, 0.1) is 0 Å². The Kier molecular flexibility index (Phi) is 2.58. The van der Waals surface area contributed by atoms with Crippen molar-refractivity contribution >= 4 is 7.85 Å². The number of hydrogen-bond donors (Lipinski definition) is 2. The molecule has 0 aromatic rings. The standard InChI is InChI=1S/C3H7BN2/c1-3(2-4)6-5/h6H,1-2,5H2. The van der Waals surface area contributed by atoms with Crippen molar-refractivity contribution in [2.45, 2.75) is 6.32 Å². The molecule has 0 aromatic heterocycles. The van der Waals surface area contributed by atoms with Crippen molar-refractivity contribution in [3.8, 4) is 0 Å². The van der Waals surface area contributed by atoms with Crippen LogP contribution < -0.4 is 11.3 Å². The highest BCUT2D eigenvalue weighted by Gasteiger charge is 1.75. The first kappa shape index (κ1) is 5.56. The second kappa shape index (κ2) is 2.78. The van der Waals surface area contributed by atoms with Crippen molar-refractivity contribution in [1.82, 2.24) is 5.43 Å². The highest BCUT2D eigenvalue weighted by Crippen LogP contribution is 1.81. The molecular formula is C3H7BN2. The van der Waals surface area contributed by atoms with Crippen LogP contribution in [0.5, 0.6) is 0 Å². The zero-order valence-electron chi connectivity index (χ0n) is 3.57.